The van der Waals surface area contributed by atoms with Crippen LogP contribution in [-0.4, -0.2) is 35.5 Å². The predicted molar refractivity (Wildman–Crippen MR) is 92.5 cm³/mol. The number of halogens is 1. The van der Waals surface area contributed by atoms with E-state index in [1.54, 1.807) is 0 Å². The van der Waals surface area contributed by atoms with Crippen molar-refractivity contribution in [3.8, 4) is 0 Å². The van der Waals surface area contributed by atoms with Crippen LogP contribution in [0.25, 0.3) is 11.0 Å². The second kappa shape index (κ2) is 6.38. The molecular weight excluding hydrogens is 296 g/mol. The third-order valence-corrected chi connectivity index (χ3v) is 4.12. The molecular formula is C17H19ClN4. The molecule has 3 aromatic rings. The molecule has 1 atom stereocenters. The number of nitrogens with zero attached hydrogens (tertiary/aromatic N) is 2. The number of aromatic amines is 1. The third-order valence-electron chi connectivity index (χ3n) is 3.77. The normalized spacial score (nSPS) is 12.7. The van der Waals surface area contributed by atoms with Crippen LogP contribution >= 0.6 is 11.6 Å². The van der Waals surface area contributed by atoms with Crippen molar-refractivity contribution >= 4 is 28.5 Å². The second-order valence-corrected chi connectivity index (χ2v) is 5.90. The van der Waals surface area contributed by atoms with E-state index < -0.39 is 0 Å². The molecule has 0 amide bonds. The number of aromatic nitrogens is 2. The van der Waals surface area contributed by atoms with Crippen LogP contribution in [0.1, 0.15) is 11.6 Å². The van der Waals surface area contributed by atoms with Gasteiger partial charge in [-0.25, -0.2) is 4.98 Å². The van der Waals surface area contributed by atoms with Gasteiger partial charge in [-0.05, 0) is 43.9 Å². The lowest BCUT2D eigenvalue weighted by Crippen LogP contribution is -2.27. The zero-order valence-corrected chi connectivity index (χ0v) is 13.4. The van der Waals surface area contributed by atoms with Gasteiger partial charge in [0, 0.05) is 23.2 Å². The predicted octanol–water partition coefficient (Wildman–Crippen LogP) is 3.93. The summed E-state index contributed by atoms with van der Waals surface area (Å²) in [5.41, 5.74) is 2.01. The number of anilines is 1. The third kappa shape index (κ3) is 3.08. The summed E-state index contributed by atoms with van der Waals surface area (Å²) in [7, 11) is 4.11. The van der Waals surface area contributed by atoms with Gasteiger partial charge in [0.05, 0.1) is 6.04 Å². The number of H-pyrrole nitrogens is 1. The Labute approximate surface area is 135 Å². The second-order valence-electron chi connectivity index (χ2n) is 5.49. The van der Waals surface area contributed by atoms with E-state index in [1.807, 2.05) is 36.5 Å². The minimum absolute atomic E-state index is 0.176. The molecule has 2 heterocycles. The molecule has 0 fully saturated rings. The summed E-state index contributed by atoms with van der Waals surface area (Å²) in [5, 5.41) is 5.30. The first-order chi connectivity index (χ1) is 10.6. The molecule has 0 spiro atoms. The first-order valence-electron chi connectivity index (χ1n) is 7.24. The Morgan fingerprint density at radius 3 is 2.77 bits per heavy atom. The topological polar surface area (TPSA) is 44.0 Å². The van der Waals surface area contributed by atoms with E-state index >= 15 is 0 Å². The van der Waals surface area contributed by atoms with Crippen LogP contribution in [0.3, 0.4) is 0 Å². The van der Waals surface area contributed by atoms with Crippen molar-refractivity contribution in [2.45, 2.75) is 6.04 Å². The summed E-state index contributed by atoms with van der Waals surface area (Å²) in [6.07, 6.45) is 1.90. The van der Waals surface area contributed by atoms with Crippen LogP contribution in [0.15, 0.2) is 48.7 Å². The molecule has 4 nitrogen and oxygen atoms in total. The number of pyridine rings is 1. The van der Waals surface area contributed by atoms with Crippen molar-refractivity contribution in [1.29, 1.82) is 0 Å². The average Bonchev–Trinajstić information content (AvgIpc) is 2.96. The van der Waals surface area contributed by atoms with Crippen LogP contribution in [0.2, 0.25) is 5.02 Å². The fourth-order valence-corrected chi connectivity index (χ4v) is 2.81. The minimum Gasteiger partial charge on any atom is -0.368 e. The summed E-state index contributed by atoms with van der Waals surface area (Å²) in [4.78, 5) is 9.85. The number of fused-ring (bicyclic) bond motifs is 1. The van der Waals surface area contributed by atoms with Gasteiger partial charge in [0.15, 0.2) is 0 Å². The van der Waals surface area contributed by atoms with Crippen molar-refractivity contribution in [2.24, 2.45) is 0 Å². The number of nitrogens with one attached hydrogen (secondary N) is 2. The summed E-state index contributed by atoms with van der Waals surface area (Å²) >= 11 is 6.33. The van der Waals surface area contributed by atoms with Gasteiger partial charge >= 0.3 is 0 Å². The SMILES string of the molecule is CN(C)[C@@H](CNc1ccc2cc[nH]c2n1)c1ccccc1Cl. The van der Waals surface area contributed by atoms with Gasteiger partial charge < -0.3 is 15.2 Å². The van der Waals surface area contributed by atoms with E-state index in [-0.39, 0.29) is 6.04 Å². The minimum atomic E-state index is 0.176. The summed E-state index contributed by atoms with van der Waals surface area (Å²) < 4.78 is 0. The van der Waals surface area contributed by atoms with Crippen LogP contribution in [0.4, 0.5) is 5.82 Å². The Hall–Kier alpha value is -2.04. The molecule has 0 saturated carbocycles. The highest BCUT2D eigenvalue weighted by Crippen LogP contribution is 2.26. The Bertz CT molecular complexity index is 766. The summed E-state index contributed by atoms with van der Waals surface area (Å²) in [6, 6.07) is 14.2. The number of rotatable bonds is 5. The number of likely N-dealkylation sites (N-methyl/N-ethyl adjacent to an activating group) is 1. The van der Waals surface area contributed by atoms with Crippen LogP contribution in [0, 0.1) is 0 Å². The lowest BCUT2D eigenvalue weighted by molar-refractivity contribution is 0.312. The molecule has 0 saturated heterocycles. The van der Waals surface area contributed by atoms with Crippen LogP contribution in [0.5, 0.6) is 0 Å². The van der Waals surface area contributed by atoms with Gasteiger partial charge in [0.25, 0.3) is 0 Å². The van der Waals surface area contributed by atoms with Gasteiger partial charge in [-0.15, -0.1) is 0 Å². The van der Waals surface area contributed by atoms with Crippen LogP contribution < -0.4 is 5.32 Å². The standard InChI is InChI=1S/C17H19ClN4/c1-22(2)15(13-5-3-4-6-14(13)18)11-20-16-8-7-12-9-10-19-17(12)21-16/h3-10,15H,11H2,1-2H3,(H2,19,20,21)/t15-/m0/s1. The zero-order chi connectivity index (χ0) is 15.5. The van der Waals surface area contributed by atoms with Crippen molar-refractivity contribution in [3.63, 3.8) is 0 Å². The number of hydrogen-bond donors (Lipinski definition) is 2. The van der Waals surface area contributed by atoms with Crippen molar-refractivity contribution in [3.05, 3.63) is 59.2 Å². The maximum atomic E-state index is 6.33. The molecule has 1 aromatic carbocycles. The van der Waals surface area contributed by atoms with E-state index in [4.69, 9.17) is 11.6 Å². The molecule has 2 aromatic heterocycles. The molecule has 114 valence electrons. The zero-order valence-electron chi connectivity index (χ0n) is 12.7. The molecule has 5 heteroatoms. The summed E-state index contributed by atoms with van der Waals surface area (Å²) in [5.74, 6) is 0.855. The fraction of sp³-hybridized carbons (Fsp3) is 0.235. The van der Waals surface area contributed by atoms with Crippen molar-refractivity contribution in [1.82, 2.24) is 14.9 Å². The highest BCUT2D eigenvalue weighted by Gasteiger charge is 2.16. The van der Waals surface area contributed by atoms with Crippen molar-refractivity contribution in [2.75, 3.05) is 26.0 Å². The average molecular weight is 315 g/mol. The molecule has 0 bridgehead atoms. The van der Waals surface area contributed by atoms with Gasteiger partial charge in [-0.1, -0.05) is 29.8 Å². The molecule has 2 N–H and O–H groups in total. The Balaban J connectivity index is 1.78. The Morgan fingerprint density at radius 2 is 2.00 bits per heavy atom. The maximum absolute atomic E-state index is 6.33. The van der Waals surface area contributed by atoms with Gasteiger partial charge in [0.1, 0.15) is 11.5 Å². The smallest absolute Gasteiger partial charge is 0.139 e. The fourth-order valence-electron chi connectivity index (χ4n) is 2.55. The van der Waals surface area contributed by atoms with Gasteiger partial charge in [-0.3, -0.25) is 0 Å². The number of hydrogen-bond acceptors (Lipinski definition) is 3. The monoisotopic (exact) mass is 314 g/mol. The van der Waals surface area contributed by atoms with E-state index in [2.05, 4.69) is 46.4 Å². The highest BCUT2D eigenvalue weighted by atomic mass is 35.5. The molecule has 0 radical (unpaired) electrons. The van der Waals surface area contributed by atoms with Gasteiger partial charge in [0.2, 0.25) is 0 Å². The lowest BCUT2D eigenvalue weighted by Gasteiger charge is -2.26. The largest absolute Gasteiger partial charge is 0.368 e. The highest BCUT2D eigenvalue weighted by molar-refractivity contribution is 6.31. The summed E-state index contributed by atoms with van der Waals surface area (Å²) in [6.45, 7) is 0.732. The Kier molecular flexibility index (Phi) is 4.32. The molecule has 0 unspecified atom stereocenters. The maximum Gasteiger partial charge on any atom is 0.139 e. The molecule has 0 aliphatic carbocycles. The van der Waals surface area contributed by atoms with E-state index in [9.17, 15) is 0 Å². The molecule has 0 aliphatic heterocycles. The van der Waals surface area contributed by atoms with E-state index in [0.29, 0.717) is 0 Å². The first kappa shape index (κ1) is 14.9. The molecule has 0 aliphatic rings. The lowest BCUT2D eigenvalue weighted by atomic mass is 10.1. The van der Waals surface area contributed by atoms with Crippen LogP contribution in [-0.2, 0) is 0 Å². The Morgan fingerprint density at radius 1 is 1.18 bits per heavy atom. The quantitative estimate of drug-likeness (QED) is 0.750. The number of benzene rings is 1. The van der Waals surface area contributed by atoms with Gasteiger partial charge in [-0.2, -0.15) is 0 Å². The van der Waals surface area contributed by atoms with E-state index in [0.717, 1.165) is 34.0 Å². The van der Waals surface area contributed by atoms with Crippen molar-refractivity contribution < 1.29 is 0 Å². The van der Waals surface area contributed by atoms with E-state index in [1.165, 1.54) is 0 Å². The molecule has 3 rings (SSSR count). The first-order valence-corrected chi connectivity index (χ1v) is 7.62. The molecule has 22 heavy (non-hydrogen) atoms.